The summed E-state index contributed by atoms with van der Waals surface area (Å²) in [6.45, 7) is 11.3. The van der Waals surface area contributed by atoms with Crippen molar-refractivity contribution in [3.63, 3.8) is 0 Å². The Bertz CT molecular complexity index is 2820. The van der Waals surface area contributed by atoms with Gasteiger partial charge in [0, 0.05) is 107 Å². The molecule has 6 rings (SSSR count). The number of benzene rings is 1. The number of Topliss-reactive ketones (excluding diaryl/α,β-unsaturated/α-hetero) is 1. The number of ketones is 1. The van der Waals surface area contributed by atoms with Gasteiger partial charge in [-0.15, -0.1) is 34.9 Å². The van der Waals surface area contributed by atoms with Gasteiger partial charge >= 0.3 is 11.9 Å². The number of likely N-dealkylation sites (N-methyl/N-ethyl adjacent to an activating group) is 3. The fourth-order valence-electron chi connectivity index (χ4n) is 11.6. The van der Waals surface area contributed by atoms with Crippen molar-refractivity contribution in [2.75, 3.05) is 84.9 Å². The number of phenols is 1. The molecule has 86 heavy (non-hydrogen) atoms. The first-order valence-electron chi connectivity index (χ1n) is 29.5. The molecule has 1 aromatic heterocycles. The smallest absolute Gasteiger partial charge is 0.306 e. The largest absolute Gasteiger partial charge is 0.506 e. The summed E-state index contributed by atoms with van der Waals surface area (Å²) in [6, 6.07) is 2.90. The minimum atomic E-state index is -3.84. The van der Waals surface area contributed by atoms with Crippen molar-refractivity contribution < 1.29 is 67.5 Å². The number of thiazole rings is 1. The highest BCUT2D eigenvalue weighted by atomic mass is 32.2. The van der Waals surface area contributed by atoms with Gasteiger partial charge in [0.05, 0.1) is 28.1 Å². The zero-order valence-corrected chi connectivity index (χ0v) is 54.7. The highest BCUT2D eigenvalue weighted by molar-refractivity contribution is 8.17. The third kappa shape index (κ3) is 17.5. The van der Waals surface area contributed by atoms with Gasteiger partial charge in [0.2, 0.25) is 35.4 Å². The van der Waals surface area contributed by atoms with Crippen molar-refractivity contribution in [3.8, 4) is 5.75 Å². The zero-order valence-electron chi connectivity index (χ0n) is 51.4. The topological polar surface area (TPSA) is 297 Å². The lowest BCUT2D eigenvalue weighted by atomic mass is 9.83. The number of carboxylic acids is 1. The number of phenolic OH excluding ortho intramolecular Hbond substituents is 1. The van der Waals surface area contributed by atoms with Crippen LogP contribution in [0.4, 0.5) is 5.69 Å². The lowest BCUT2D eigenvalue weighted by Crippen LogP contribution is -2.48. The van der Waals surface area contributed by atoms with Gasteiger partial charge in [0.25, 0.3) is 13.5 Å². The molecule has 28 heteroatoms. The Morgan fingerprint density at radius 1 is 0.872 bits per heavy atom. The highest BCUT2D eigenvalue weighted by Crippen LogP contribution is 2.54. The number of amides is 7. The number of likely N-dealkylation sites (tertiary alicyclic amines) is 1. The van der Waals surface area contributed by atoms with Crippen molar-refractivity contribution in [2.24, 2.45) is 23.7 Å². The van der Waals surface area contributed by atoms with Crippen LogP contribution in [0, 0.1) is 23.7 Å². The molecule has 3 unspecified atom stereocenters. The van der Waals surface area contributed by atoms with Crippen LogP contribution in [0.3, 0.4) is 0 Å². The molecule has 7 amide bonds. The molecule has 0 radical (unpaired) electrons. The number of aromatic hydroxyl groups is 1. The molecule has 1 aromatic carbocycles. The molecule has 4 N–H and O–H groups in total. The molecule has 5 heterocycles. The molecular formula is C58H87N10O14PS3. The van der Waals surface area contributed by atoms with Crippen molar-refractivity contribution in [3.05, 3.63) is 39.8 Å². The van der Waals surface area contributed by atoms with Gasteiger partial charge in [-0.25, -0.2) is 19.0 Å². The summed E-state index contributed by atoms with van der Waals surface area (Å²) in [5.41, 5.74) is 0.488. The van der Waals surface area contributed by atoms with Crippen LogP contribution in [0.1, 0.15) is 133 Å². The minimum absolute atomic E-state index is 0.00524. The van der Waals surface area contributed by atoms with Gasteiger partial charge in [-0.3, -0.25) is 67.2 Å². The Morgan fingerprint density at radius 3 is 2.05 bits per heavy atom. The number of hydrogen-bond acceptors (Lipinski definition) is 18. The van der Waals surface area contributed by atoms with Crippen LogP contribution >= 0.6 is 42.5 Å². The Kier molecular flexibility index (Phi) is 25.4. The highest BCUT2D eigenvalue weighted by Gasteiger charge is 2.45. The summed E-state index contributed by atoms with van der Waals surface area (Å²) in [4.78, 5) is 144. The van der Waals surface area contributed by atoms with Gasteiger partial charge < -0.3 is 30.5 Å². The van der Waals surface area contributed by atoms with Crippen LogP contribution in [0.25, 0.3) is 0 Å². The fraction of sp³-hybridized carbons (Fsp3) is 0.672. The number of aliphatic carboxylic acids is 1. The van der Waals surface area contributed by atoms with Crippen LogP contribution in [-0.2, 0) is 58.9 Å². The number of nitrogens with one attached hydrogen (secondary N) is 2. The van der Waals surface area contributed by atoms with Gasteiger partial charge in [0.15, 0.2) is 11.9 Å². The summed E-state index contributed by atoms with van der Waals surface area (Å²) in [5.74, 6) is -6.52. The Balaban J connectivity index is 1.13. The summed E-state index contributed by atoms with van der Waals surface area (Å²) >= 11 is 3.60. The van der Waals surface area contributed by atoms with Crippen LogP contribution in [-0.4, -0.2) is 216 Å². The summed E-state index contributed by atoms with van der Waals surface area (Å²) in [5, 5.41) is 27.4. The molecule has 4 saturated heterocycles. The zero-order chi connectivity index (χ0) is 63.5. The SMILES string of the molecule is CC[C@H](C)[C@H](CC(=O)[C@H]1CCCCN1C)C(=O)N(C)[C@H](C[C@@H](OC(C)=O)c1nc(C(=O)N[C@@H](Cc2ccc(O)c(NC(=O)CCN(C)P3(=O)N(C)CCN4C(=O)CC(SCSC5CC(=O)N(CCN3C)C5=O)C4=O)c2)CC(C)C(=O)O)cs1)C(C)C. The van der Waals surface area contributed by atoms with Crippen LogP contribution in [0.2, 0.25) is 0 Å². The summed E-state index contributed by atoms with van der Waals surface area (Å²) in [7, 11) is 4.51. The first-order valence-corrected chi connectivity index (χ1v) is 34.0. The van der Waals surface area contributed by atoms with E-state index in [1.165, 1.54) is 68.9 Å². The monoisotopic (exact) mass is 1270 g/mol. The molecule has 0 aliphatic carbocycles. The molecular weight excluding hydrogens is 1190 g/mol. The second-order valence-electron chi connectivity index (χ2n) is 23.6. The second kappa shape index (κ2) is 31.3. The predicted molar refractivity (Wildman–Crippen MR) is 329 cm³/mol. The number of rotatable bonds is 24. The number of carbonyl (C=O) groups is 10. The molecule has 24 nitrogen and oxygen atoms in total. The Hall–Kier alpha value is -5.28. The third-order valence-electron chi connectivity index (χ3n) is 17.1. The number of imide groups is 2. The summed E-state index contributed by atoms with van der Waals surface area (Å²) in [6.07, 6.45) is 2.47. The van der Waals surface area contributed by atoms with Crippen molar-refractivity contribution in [2.45, 2.75) is 147 Å². The number of piperidine rings is 1. The first kappa shape index (κ1) is 69.8. The van der Waals surface area contributed by atoms with Gasteiger partial charge in [0.1, 0.15) is 16.5 Å². The molecule has 9 atom stereocenters. The number of aromatic nitrogens is 1. The van der Waals surface area contributed by atoms with Crippen molar-refractivity contribution in [1.29, 1.82) is 0 Å². The number of esters is 1. The predicted octanol–water partition coefficient (Wildman–Crippen LogP) is 5.81. The maximum atomic E-state index is 15.3. The summed E-state index contributed by atoms with van der Waals surface area (Å²) < 4.78 is 25.6. The molecule has 0 saturated carbocycles. The van der Waals surface area contributed by atoms with E-state index in [1.807, 2.05) is 34.7 Å². The van der Waals surface area contributed by atoms with E-state index in [1.54, 1.807) is 39.2 Å². The standard InChI is InChI=1S/C58H87N10O14PS3/c1-12-35(4)40(28-46(71)43-15-13-14-19-62(43)7)55(76)66(11)44(34(2)3)29-47(82-37(6)69)54-61-42(32-84-54)53(75)59-39(25-36(5)58(79)80)26-38-16-17-45(70)41(27-38)60-50(72)18-20-63(8)83(81)64(9)21-23-67-51(73)30-48(56(67)77)85-33-86-49-31-52(74)68(57(49)78)24-22-65(83)10/h16-17,27,32,34-36,39-40,43-44,47-49,70H,12-15,18-26,28-31,33H2,1-11H3,(H,59,75)(H,60,72)(H,79,80)/t35-,36?,39+,40-,43+,44+,47+,48?,49?,83?/m0/s1. The van der Waals surface area contributed by atoms with E-state index in [-0.39, 0.29) is 148 Å². The fourth-order valence-corrected chi connectivity index (χ4v) is 17.7. The quantitative estimate of drug-likeness (QED) is 0.0417. The number of ether oxygens (including phenoxy) is 1. The molecule has 476 valence electrons. The number of fused-ring (bicyclic) bond motifs is 4. The second-order valence-corrected chi connectivity index (χ2v) is 30.3. The molecule has 4 bridgehead atoms. The number of carboxylic acid groups (broad SMARTS) is 1. The van der Waals surface area contributed by atoms with Crippen molar-refractivity contribution in [1.82, 2.24) is 43.9 Å². The van der Waals surface area contributed by atoms with Crippen LogP contribution in [0.15, 0.2) is 23.6 Å². The lowest BCUT2D eigenvalue weighted by molar-refractivity contribution is -0.150. The molecule has 4 aliphatic heterocycles. The maximum absolute atomic E-state index is 15.3. The van der Waals surface area contributed by atoms with E-state index in [0.29, 0.717) is 22.1 Å². The van der Waals surface area contributed by atoms with Crippen LogP contribution in [0.5, 0.6) is 5.75 Å². The van der Waals surface area contributed by atoms with E-state index in [9.17, 15) is 58.2 Å². The third-order valence-corrected chi connectivity index (χ3v) is 23.9. The number of carbonyl (C=O) groups excluding carboxylic acids is 9. The van der Waals surface area contributed by atoms with E-state index in [0.717, 1.165) is 46.9 Å². The molecule has 0 spiro atoms. The lowest BCUT2D eigenvalue weighted by Gasteiger charge is -2.41. The molecule has 4 aliphatic rings. The molecule has 2 aromatic rings. The maximum Gasteiger partial charge on any atom is 0.306 e. The van der Waals surface area contributed by atoms with Gasteiger partial charge in [-0.05, 0) is 90.0 Å². The number of nitrogens with zero attached hydrogens (tertiary/aromatic N) is 8. The van der Waals surface area contributed by atoms with E-state index in [2.05, 4.69) is 20.5 Å². The number of anilines is 1. The van der Waals surface area contributed by atoms with E-state index < -0.39 is 71.9 Å². The van der Waals surface area contributed by atoms with E-state index in [4.69, 9.17) is 4.74 Å². The molecule has 4 fully saturated rings. The first-order chi connectivity index (χ1) is 40.5. The Labute approximate surface area is 517 Å². The van der Waals surface area contributed by atoms with Gasteiger partial charge in [-0.2, -0.15) is 0 Å². The van der Waals surface area contributed by atoms with Gasteiger partial charge in [-0.1, -0.05) is 53.5 Å². The number of hydrogen-bond donors (Lipinski definition) is 4. The van der Waals surface area contributed by atoms with E-state index >= 15 is 4.57 Å². The average molecular weight is 1280 g/mol. The average Bonchev–Trinajstić information content (AvgIpc) is 1.42. The minimum Gasteiger partial charge on any atom is -0.506 e. The normalized spacial score (nSPS) is 23.4. The van der Waals surface area contributed by atoms with Crippen molar-refractivity contribution >= 4 is 107 Å². The van der Waals surface area contributed by atoms with Crippen LogP contribution < -0.4 is 10.6 Å². The number of thioether (sulfide) groups is 2. The Morgan fingerprint density at radius 2 is 1.49 bits per heavy atom.